The van der Waals surface area contributed by atoms with Crippen molar-refractivity contribution < 1.29 is 4.79 Å². The fourth-order valence-corrected chi connectivity index (χ4v) is 3.24. The molecule has 5 heteroatoms. The lowest BCUT2D eigenvalue weighted by Crippen LogP contribution is -2.44. The molecule has 5 nitrogen and oxygen atoms in total. The van der Waals surface area contributed by atoms with Crippen LogP contribution in [0.2, 0.25) is 0 Å². The Hall–Kier alpha value is -1.65. The number of nitrogens with one attached hydrogen (secondary N) is 1. The number of aromatic nitrogens is 3. The quantitative estimate of drug-likeness (QED) is 0.867. The summed E-state index contributed by atoms with van der Waals surface area (Å²) < 4.78 is 2.19. The lowest BCUT2D eigenvalue weighted by atomic mass is 9.93. The van der Waals surface area contributed by atoms with Gasteiger partial charge in [-0.2, -0.15) is 0 Å². The molecule has 1 N–H and O–H groups in total. The van der Waals surface area contributed by atoms with Crippen LogP contribution in [0.4, 0.5) is 0 Å². The number of amides is 1. The Kier molecular flexibility index (Phi) is 4.08. The van der Waals surface area contributed by atoms with Crippen LogP contribution < -0.4 is 5.32 Å². The first-order valence-electron chi connectivity index (χ1n) is 8.02. The predicted octanol–water partition coefficient (Wildman–Crippen LogP) is 2.19. The molecule has 2 aliphatic rings. The lowest BCUT2D eigenvalue weighted by molar-refractivity contribution is -0.126. The molecule has 3 rings (SSSR count). The third kappa shape index (κ3) is 3.01. The van der Waals surface area contributed by atoms with Gasteiger partial charge in [-0.25, -0.2) is 0 Å². The Bertz CT molecular complexity index is 546. The zero-order valence-corrected chi connectivity index (χ0v) is 12.9. The Labute approximate surface area is 125 Å². The van der Waals surface area contributed by atoms with Crippen LogP contribution in [0.1, 0.15) is 57.1 Å². The van der Waals surface area contributed by atoms with Crippen molar-refractivity contribution in [3.05, 3.63) is 23.8 Å². The first kappa shape index (κ1) is 14.3. The van der Waals surface area contributed by atoms with Gasteiger partial charge in [0.15, 0.2) is 0 Å². The van der Waals surface area contributed by atoms with E-state index in [2.05, 4.69) is 46.1 Å². The van der Waals surface area contributed by atoms with Crippen molar-refractivity contribution in [3.8, 4) is 0 Å². The van der Waals surface area contributed by atoms with Crippen molar-refractivity contribution >= 4 is 5.91 Å². The third-order valence-electron chi connectivity index (χ3n) is 4.48. The zero-order valence-electron chi connectivity index (χ0n) is 12.9. The van der Waals surface area contributed by atoms with Crippen molar-refractivity contribution in [2.24, 2.45) is 5.92 Å². The highest BCUT2D eigenvalue weighted by molar-refractivity contribution is 5.79. The van der Waals surface area contributed by atoms with Crippen LogP contribution in [0.5, 0.6) is 0 Å². The van der Waals surface area contributed by atoms with Crippen LogP contribution in [0.3, 0.4) is 0 Å². The molecule has 0 bridgehead atoms. The summed E-state index contributed by atoms with van der Waals surface area (Å²) >= 11 is 0. The largest absolute Gasteiger partial charge is 0.351 e. The molecule has 0 saturated carbocycles. The van der Waals surface area contributed by atoms with Gasteiger partial charge in [0, 0.05) is 30.8 Å². The van der Waals surface area contributed by atoms with Gasteiger partial charge in [0.1, 0.15) is 11.6 Å². The maximum atomic E-state index is 12.3. The second-order valence-electron chi connectivity index (χ2n) is 6.47. The fraction of sp³-hybridized carbons (Fsp3) is 0.688. The number of rotatable bonds is 3. The highest BCUT2D eigenvalue weighted by Crippen LogP contribution is 2.22. The van der Waals surface area contributed by atoms with E-state index in [0.29, 0.717) is 5.92 Å². The highest BCUT2D eigenvalue weighted by atomic mass is 16.1. The second-order valence-corrected chi connectivity index (χ2v) is 6.47. The summed E-state index contributed by atoms with van der Waals surface area (Å²) in [7, 11) is 0. The molecule has 1 aliphatic carbocycles. The minimum absolute atomic E-state index is 0.155. The summed E-state index contributed by atoms with van der Waals surface area (Å²) in [6.45, 7) is 5.08. The molecular formula is C16H24N4O. The molecule has 2 atom stereocenters. The molecule has 1 aromatic rings. The average Bonchev–Trinajstić information content (AvgIpc) is 2.91. The maximum Gasteiger partial charge on any atom is 0.223 e. The summed E-state index contributed by atoms with van der Waals surface area (Å²) in [4.78, 5) is 12.3. The van der Waals surface area contributed by atoms with Crippen LogP contribution in [0, 0.1) is 5.92 Å². The molecule has 21 heavy (non-hydrogen) atoms. The first-order chi connectivity index (χ1) is 10.1. The number of fused-ring (bicyclic) bond motifs is 1. The van der Waals surface area contributed by atoms with Crippen molar-refractivity contribution in [2.75, 3.05) is 0 Å². The van der Waals surface area contributed by atoms with Crippen molar-refractivity contribution in [3.63, 3.8) is 0 Å². The van der Waals surface area contributed by atoms with E-state index in [1.165, 1.54) is 0 Å². The van der Waals surface area contributed by atoms with Gasteiger partial charge in [-0.1, -0.05) is 26.0 Å². The number of hydrogen-bond acceptors (Lipinski definition) is 3. The van der Waals surface area contributed by atoms with Gasteiger partial charge in [-0.05, 0) is 25.7 Å². The zero-order chi connectivity index (χ0) is 14.8. The first-order valence-corrected chi connectivity index (χ1v) is 8.02. The minimum Gasteiger partial charge on any atom is -0.351 e. The molecule has 0 fully saturated rings. The van der Waals surface area contributed by atoms with Crippen LogP contribution in [-0.2, 0) is 17.8 Å². The monoisotopic (exact) mass is 288 g/mol. The Balaban J connectivity index is 1.64. The minimum atomic E-state index is 0.155. The number of nitrogens with zero attached hydrogens (tertiary/aromatic N) is 3. The Morgan fingerprint density at radius 1 is 1.33 bits per heavy atom. The average molecular weight is 288 g/mol. The van der Waals surface area contributed by atoms with E-state index >= 15 is 0 Å². The van der Waals surface area contributed by atoms with Gasteiger partial charge >= 0.3 is 0 Å². The number of carbonyl (C=O) groups excluding carboxylic acids is 1. The molecule has 1 aliphatic heterocycles. The molecule has 2 heterocycles. The SMILES string of the molecule is CC(C)c1nnc2n1C[C@H](NC(=O)[C@H]1CC=CCC1)CC2. The number of allylic oxidation sites excluding steroid dienone is 2. The second kappa shape index (κ2) is 6.00. The van der Waals surface area contributed by atoms with Gasteiger partial charge in [-0.15, -0.1) is 10.2 Å². The van der Waals surface area contributed by atoms with E-state index in [1.807, 2.05) is 0 Å². The molecule has 0 spiro atoms. The number of hydrogen-bond donors (Lipinski definition) is 1. The van der Waals surface area contributed by atoms with E-state index in [0.717, 1.165) is 50.3 Å². The molecule has 0 saturated heterocycles. The lowest BCUT2D eigenvalue weighted by Gasteiger charge is -2.28. The van der Waals surface area contributed by atoms with E-state index in [-0.39, 0.29) is 17.9 Å². The molecular weight excluding hydrogens is 264 g/mol. The molecule has 0 radical (unpaired) electrons. The van der Waals surface area contributed by atoms with Gasteiger partial charge in [0.2, 0.25) is 5.91 Å². The van der Waals surface area contributed by atoms with Crippen molar-refractivity contribution in [1.82, 2.24) is 20.1 Å². The summed E-state index contributed by atoms with van der Waals surface area (Å²) in [5.74, 6) is 2.83. The van der Waals surface area contributed by atoms with Gasteiger partial charge in [-0.3, -0.25) is 4.79 Å². The van der Waals surface area contributed by atoms with Crippen LogP contribution in [0.15, 0.2) is 12.2 Å². The van der Waals surface area contributed by atoms with Crippen LogP contribution in [-0.4, -0.2) is 26.7 Å². The molecule has 1 aromatic heterocycles. The molecule has 0 aromatic carbocycles. The smallest absolute Gasteiger partial charge is 0.223 e. The van der Waals surface area contributed by atoms with E-state index in [9.17, 15) is 4.79 Å². The van der Waals surface area contributed by atoms with Gasteiger partial charge in [0.05, 0.1) is 0 Å². The van der Waals surface area contributed by atoms with Crippen LogP contribution in [0.25, 0.3) is 0 Å². The van der Waals surface area contributed by atoms with Gasteiger partial charge < -0.3 is 9.88 Å². The highest BCUT2D eigenvalue weighted by Gasteiger charge is 2.27. The molecule has 114 valence electrons. The molecule has 0 unspecified atom stereocenters. The summed E-state index contributed by atoms with van der Waals surface area (Å²) in [6, 6.07) is 0.212. The summed E-state index contributed by atoms with van der Waals surface area (Å²) in [6.07, 6.45) is 9.04. The van der Waals surface area contributed by atoms with E-state index < -0.39 is 0 Å². The third-order valence-corrected chi connectivity index (χ3v) is 4.48. The topological polar surface area (TPSA) is 59.8 Å². The Morgan fingerprint density at radius 3 is 2.90 bits per heavy atom. The van der Waals surface area contributed by atoms with Crippen LogP contribution >= 0.6 is 0 Å². The normalized spacial score (nSPS) is 24.9. The predicted molar refractivity (Wildman–Crippen MR) is 80.8 cm³/mol. The summed E-state index contributed by atoms with van der Waals surface area (Å²) in [5, 5.41) is 11.8. The van der Waals surface area contributed by atoms with Crippen molar-refractivity contribution in [2.45, 2.75) is 64.5 Å². The summed E-state index contributed by atoms with van der Waals surface area (Å²) in [5.41, 5.74) is 0. The van der Waals surface area contributed by atoms with Crippen molar-refractivity contribution in [1.29, 1.82) is 0 Å². The standard InChI is InChI=1S/C16H24N4O/c1-11(2)15-19-18-14-9-8-13(10-20(14)15)17-16(21)12-6-4-3-5-7-12/h3-4,11-13H,5-10H2,1-2H3,(H,17,21)/t12-,13+/m0/s1. The molecule has 1 amide bonds. The fourth-order valence-electron chi connectivity index (χ4n) is 3.24. The van der Waals surface area contributed by atoms with E-state index in [1.54, 1.807) is 0 Å². The number of carbonyl (C=O) groups is 1. The maximum absolute atomic E-state index is 12.3. The van der Waals surface area contributed by atoms with E-state index in [4.69, 9.17) is 0 Å². The Morgan fingerprint density at radius 2 is 2.19 bits per heavy atom. The van der Waals surface area contributed by atoms with Gasteiger partial charge in [0.25, 0.3) is 0 Å². The number of aryl methyl sites for hydroxylation is 1.